The van der Waals surface area contributed by atoms with Gasteiger partial charge >= 0.3 is 6.03 Å². The summed E-state index contributed by atoms with van der Waals surface area (Å²) in [6, 6.07) is 51.8. The molecule has 7 rings (SSSR count). The van der Waals surface area contributed by atoms with Gasteiger partial charge in [-0.05, 0) is 89.8 Å². The SMILES string of the molecule is CC1C(CN(C)C(C)c2ccccc2)OC(c2ccc(-c3cccc(CNC(=O)Nc4ccc(Oc5ccccc5)cc4)c3)cc2)OC1c1ccc(CO)cc1. The Morgan fingerprint density at radius 2 is 1.39 bits per heavy atom. The summed E-state index contributed by atoms with van der Waals surface area (Å²) < 4.78 is 19.4. The summed E-state index contributed by atoms with van der Waals surface area (Å²) in [4.78, 5) is 15.1. The number of hydrogen-bond acceptors (Lipinski definition) is 6. The van der Waals surface area contributed by atoms with Crippen molar-refractivity contribution in [3.05, 3.63) is 186 Å². The van der Waals surface area contributed by atoms with Gasteiger partial charge in [-0.25, -0.2) is 4.79 Å². The van der Waals surface area contributed by atoms with E-state index in [1.807, 2.05) is 84.9 Å². The van der Waals surface area contributed by atoms with Crippen LogP contribution in [0.4, 0.5) is 10.5 Å². The number of rotatable bonds is 13. The molecule has 1 heterocycles. The monoisotopic (exact) mass is 747 g/mol. The van der Waals surface area contributed by atoms with E-state index >= 15 is 0 Å². The first-order valence-corrected chi connectivity index (χ1v) is 19.2. The number of ether oxygens (including phenoxy) is 3. The highest BCUT2D eigenvalue weighted by Gasteiger charge is 2.39. The van der Waals surface area contributed by atoms with Crippen LogP contribution in [0.1, 0.15) is 60.1 Å². The molecule has 8 nitrogen and oxygen atoms in total. The lowest BCUT2D eigenvalue weighted by atomic mass is 9.89. The first-order valence-electron chi connectivity index (χ1n) is 19.2. The van der Waals surface area contributed by atoms with Crippen LogP contribution in [0.2, 0.25) is 0 Å². The number of aliphatic hydroxyl groups excluding tert-OH is 1. The number of para-hydroxylation sites is 1. The van der Waals surface area contributed by atoms with Crippen molar-refractivity contribution >= 4 is 11.7 Å². The Labute approximate surface area is 329 Å². The predicted octanol–water partition coefficient (Wildman–Crippen LogP) is 10.4. The van der Waals surface area contributed by atoms with Crippen molar-refractivity contribution in [2.75, 3.05) is 18.9 Å². The number of hydrogen-bond donors (Lipinski definition) is 3. The largest absolute Gasteiger partial charge is 0.457 e. The van der Waals surface area contributed by atoms with Gasteiger partial charge in [0.2, 0.25) is 0 Å². The number of urea groups is 1. The molecular formula is C48H49N3O5. The summed E-state index contributed by atoms with van der Waals surface area (Å²) in [5, 5.41) is 15.5. The molecule has 5 unspecified atom stereocenters. The Morgan fingerprint density at radius 3 is 2.09 bits per heavy atom. The third-order valence-corrected chi connectivity index (χ3v) is 10.5. The van der Waals surface area contributed by atoms with Gasteiger partial charge in [-0.3, -0.25) is 4.90 Å². The Morgan fingerprint density at radius 1 is 0.732 bits per heavy atom. The quantitative estimate of drug-likeness (QED) is 0.109. The Balaban J connectivity index is 0.998. The summed E-state index contributed by atoms with van der Waals surface area (Å²) in [6.45, 7) is 5.52. The van der Waals surface area contributed by atoms with Crippen molar-refractivity contribution in [2.45, 2.75) is 51.5 Å². The fourth-order valence-electron chi connectivity index (χ4n) is 7.04. The minimum absolute atomic E-state index is 0.000592. The third kappa shape index (κ3) is 9.72. The number of likely N-dealkylation sites (N-methyl/N-ethyl adjacent to an activating group) is 1. The molecule has 1 saturated heterocycles. The second-order valence-corrected chi connectivity index (χ2v) is 14.4. The highest BCUT2D eigenvalue weighted by molar-refractivity contribution is 5.89. The topological polar surface area (TPSA) is 92.3 Å². The predicted molar refractivity (Wildman–Crippen MR) is 221 cm³/mol. The molecule has 0 spiro atoms. The minimum atomic E-state index is -0.560. The molecule has 8 heteroatoms. The van der Waals surface area contributed by atoms with Gasteiger partial charge in [-0.15, -0.1) is 0 Å². The summed E-state index contributed by atoms with van der Waals surface area (Å²) in [7, 11) is 2.15. The van der Waals surface area contributed by atoms with Gasteiger partial charge in [0, 0.05) is 36.3 Å². The first-order chi connectivity index (χ1) is 27.3. The highest BCUT2D eigenvalue weighted by Crippen LogP contribution is 2.42. The lowest BCUT2D eigenvalue weighted by Crippen LogP contribution is -2.44. The smallest absolute Gasteiger partial charge is 0.319 e. The lowest BCUT2D eigenvalue weighted by Gasteiger charge is -2.43. The van der Waals surface area contributed by atoms with Crippen molar-refractivity contribution in [3.63, 3.8) is 0 Å². The molecule has 1 fully saturated rings. The van der Waals surface area contributed by atoms with Crippen LogP contribution in [0.25, 0.3) is 11.1 Å². The van der Waals surface area contributed by atoms with Gasteiger partial charge in [0.25, 0.3) is 0 Å². The van der Waals surface area contributed by atoms with Crippen LogP contribution >= 0.6 is 0 Å². The number of carbonyl (C=O) groups is 1. The van der Waals surface area contributed by atoms with Crippen LogP contribution in [0.3, 0.4) is 0 Å². The molecule has 6 aromatic carbocycles. The number of nitrogens with zero attached hydrogens (tertiary/aromatic N) is 1. The van der Waals surface area contributed by atoms with Crippen molar-refractivity contribution in [1.29, 1.82) is 0 Å². The molecule has 0 bridgehead atoms. The van der Waals surface area contributed by atoms with Gasteiger partial charge < -0.3 is 30.0 Å². The van der Waals surface area contributed by atoms with E-state index in [2.05, 4.69) is 109 Å². The molecule has 5 atom stereocenters. The van der Waals surface area contributed by atoms with Crippen LogP contribution in [0, 0.1) is 5.92 Å². The molecule has 2 amide bonds. The van der Waals surface area contributed by atoms with Gasteiger partial charge in [0.15, 0.2) is 6.29 Å². The molecule has 56 heavy (non-hydrogen) atoms. The third-order valence-electron chi connectivity index (χ3n) is 10.5. The Kier molecular flexibility index (Phi) is 12.5. The lowest BCUT2D eigenvalue weighted by molar-refractivity contribution is -0.276. The maximum Gasteiger partial charge on any atom is 0.319 e. The minimum Gasteiger partial charge on any atom is -0.457 e. The van der Waals surface area contributed by atoms with E-state index in [4.69, 9.17) is 14.2 Å². The fourth-order valence-corrected chi connectivity index (χ4v) is 7.04. The number of amides is 2. The van der Waals surface area contributed by atoms with Crippen LogP contribution in [-0.2, 0) is 22.6 Å². The number of carbonyl (C=O) groups excluding carboxylic acids is 1. The molecule has 0 radical (unpaired) electrons. The first kappa shape index (κ1) is 38.5. The van der Waals surface area contributed by atoms with Crippen molar-refractivity contribution in [2.24, 2.45) is 5.92 Å². The molecule has 0 aromatic heterocycles. The molecule has 6 aromatic rings. The van der Waals surface area contributed by atoms with E-state index in [-0.39, 0.29) is 36.8 Å². The van der Waals surface area contributed by atoms with Crippen LogP contribution < -0.4 is 15.4 Å². The van der Waals surface area contributed by atoms with Gasteiger partial charge in [-0.1, -0.05) is 122 Å². The Hall–Kier alpha value is -5.77. The van der Waals surface area contributed by atoms with Crippen molar-refractivity contribution < 1.29 is 24.1 Å². The maximum atomic E-state index is 12.8. The van der Waals surface area contributed by atoms with Gasteiger partial charge in [-0.2, -0.15) is 0 Å². The van der Waals surface area contributed by atoms with Crippen LogP contribution in [0.15, 0.2) is 158 Å². The van der Waals surface area contributed by atoms with E-state index < -0.39 is 6.29 Å². The molecule has 3 N–H and O–H groups in total. The number of nitrogens with one attached hydrogen (secondary N) is 2. The molecule has 1 aliphatic heterocycles. The zero-order valence-electron chi connectivity index (χ0n) is 32.0. The van der Waals surface area contributed by atoms with Crippen molar-refractivity contribution in [1.82, 2.24) is 10.2 Å². The normalized spacial score (nSPS) is 18.6. The molecule has 0 aliphatic carbocycles. The number of benzene rings is 6. The van der Waals surface area contributed by atoms with Gasteiger partial charge in [0.05, 0.1) is 18.8 Å². The summed E-state index contributed by atoms with van der Waals surface area (Å²) >= 11 is 0. The van der Waals surface area contributed by atoms with E-state index in [9.17, 15) is 9.90 Å². The second kappa shape index (κ2) is 18.2. The number of anilines is 1. The number of aliphatic hydroxyl groups is 1. The van der Waals surface area contributed by atoms with E-state index in [0.717, 1.165) is 45.7 Å². The molecular weight excluding hydrogens is 699 g/mol. The van der Waals surface area contributed by atoms with E-state index in [1.165, 1.54) is 5.56 Å². The van der Waals surface area contributed by atoms with E-state index in [0.29, 0.717) is 18.0 Å². The zero-order chi connectivity index (χ0) is 38.9. The fraction of sp³-hybridized carbons (Fsp3) is 0.229. The van der Waals surface area contributed by atoms with Crippen LogP contribution in [-0.4, -0.2) is 35.7 Å². The van der Waals surface area contributed by atoms with Crippen molar-refractivity contribution in [3.8, 4) is 22.6 Å². The average molecular weight is 748 g/mol. The Bertz CT molecular complexity index is 2150. The van der Waals surface area contributed by atoms with Gasteiger partial charge in [0.1, 0.15) is 11.5 Å². The molecule has 286 valence electrons. The summed E-state index contributed by atoms with van der Waals surface area (Å²) in [5.41, 5.74) is 7.87. The molecule has 0 saturated carbocycles. The standard InChI is InChI=1S/C48H49N3O5/c1-33-45(31-51(3)34(2)37-12-6-4-7-13-37)55-47(56-46(33)39-19-17-35(32-52)18-20-39)40-23-21-38(22-24-40)41-14-10-11-36(29-41)30-49-48(53)50-42-25-27-44(28-26-42)54-43-15-8-5-9-16-43/h4-29,33-34,45-47,52H,30-32H2,1-3H3,(H2,49,50,53). The van der Waals surface area contributed by atoms with E-state index in [1.54, 1.807) is 0 Å². The summed E-state index contributed by atoms with van der Waals surface area (Å²) in [6.07, 6.45) is -0.850. The maximum absolute atomic E-state index is 12.8. The second-order valence-electron chi connectivity index (χ2n) is 14.4. The zero-order valence-corrected chi connectivity index (χ0v) is 32.0. The average Bonchev–Trinajstić information content (AvgIpc) is 3.25. The highest BCUT2D eigenvalue weighted by atomic mass is 16.7. The molecule has 1 aliphatic rings. The van der Waals surface area contributed by atoms with Crippen LogP contribution in [0.5, 0.6) is 11.5 Å². The summed E-state index contributed by atoms with van der Waals surface area (Å²) in [5.74, 6) is 1.52.